The van der Waals surface area contributed by atoms with Crippen LogP contribution in [-0.2, 0) is 4.79 Å². The smallest absolute Gasteiger partial charge is 0.305 e. The molecule has 1 atom stereocenters. The Bertz CT molecular complexity index is 474. The van der Waals surface area contributed by atoms with Gasteiger partial charge in [-0.2, -0.15) is 0 Å². The van der Waals surface area contributed by atoms with Gasteiger partial charge in [-0.1, -0.05) is 13.3 Å². The van der Waals surface area contributed by atoms with Gasteiger partial charge in [-0.15, -0.1) is 0 Å². The number of carboxylic acid groups (broad SMARTS) is 1. The summed E-state index contributed by atoms with van der Waals surface area (Å²) in [5.74, 6) is -1.69. The zero-order valence-electron chi connectivity index (χ0n) is 11.1. The van der Waals surface area contributed by atoms with E-state index < -0.39 is 12.0 Å². The SMILES string of the molecule is CCCC(CC(=O)O)NC(=O)c1ccc(F)c(C)c1. The van der Waals surface area contributed by atoms with E-state index in [0.717, 1.165) is 6.42 Å². The molecular weight excluding hydrogens is 249 g/mol. The van der Waals surface area contributed by atoms with Crippen molar-refractivity contribution in [3.05, 3.63) is 35.1 Å². The highest BCUT2D eigenvalue weighted by molar-refractivity contribution is 5.94. The number of carbonyl (C=O) groups is 2. The second kappa shape index (κ2) is 6.87. The van der Waals surface area contributed by atoms with E-state index in [1.54, 1.807) is 6.92 Å². The van der Waals surface area contributed by atoms with Crippen LogP contribution >= 0.6 is 0 Å². The van der Waals surface area contributed by atoms with Gasteiger partial charge in [0, 0.05) is 11.6 Å². The summed E-state index contributed by atoms with van der Waals surface area (Å²) in [7, 11) is 0. The first kappa shape index (κ1) is 15.1. The second-order valence-corrected chi connectivity index (χ2v) is 4.52. The second-order valence-electron chi connectivity index (χ2n) is 4.52. The van der Waals surface area contributed by atoms with Gasteiger partial charge in [0.15, 0.2) is 0 Å². The number of carbonyl (C=O) groups excluding carboxylic acids is 1. The summed E-state index contributed by atoms with van der Waals surface area (Å²) in [4.78, 5) is 22.6. The summed E-state index contributed by atoms with van der Waals surface area (Å²) in [6.45, 7) is 3.50. The van der Waals surface area contributed by atoms with Gasteiger partial charge in [-0.3, -0.25) is 9.59 Å². The molecule has 0 aliphatic rings. The van der Waals surface area contributed by atoms with Gasteiger partial charge in [0.05, 0.1) is 6.42 Å². The van der Waals surface area contributed by atoms with E-state index >= 15 is 0 Å². The lowest BCUT2D eigenvalue weighted by Crippen LogP contribution is -2.36. The number of hydrogen-bond donors (Lipinski definition) is 2. The summed E-state index contributed by atoms with van der Waals surface area (Å²) in [5.41, 5.74) is 0.725. The molecule has 1 aromatic rings. The summed E-state index contributed by atoms with van der Waals surface area (Å²) in [6.07, 6.45) is 1.26. The van der Waals surface area contributed by atoms with Crippen LogP contribution in [0.25, 0.3) is 0 Å². The highest BCUT2D eigenvalue weighted by Crippen LogP contribution is 2.10. The average molecular weight is 267 g/mol. The minimum absolute atomic E-state index is 0.111. The molecule has 0 radical (unpaired) electrons. The molecule has 1 unspecified atom stereocenters. The third-order valence-corrected chi connectivity index (χ3v) is 2.81. The van der Waals surface area contributed by atoms with E-state index in [2.05, 4.69) is 5.32 Å². The fraction of sp³-hybridized carbons (Fsp3) is 0.429. The minimum Gasteiger partial charge on any atom is -0.481 e. The van der Waals surface area contributed by atoms with Crippen LogP contribution in [0, 0.1) is 12.7 Å². The lowest BCUT2D eigenvalue weighted by atomic mass is 10.1. The first-order valence-electron chi connectivity index (χ1n) is 6.22. The molecule has 0 saturated heterocycles. The number of aryl methyl sites for hydroxylation is 1. The van der Waals surface area contributed by atoms with Gasteiger partial charge in [0.2, 0.25) is 0 Å². The number of carboxylic acids is 1. The molecule has 0 aliphatic carbocycles. The molecule has 0 spiro atoms. The largest absolute Gasteiger partial charge is 0.481 e. The fourth-order valence-electron chi connectivity index (χ4n) is 1.84. The van der Waals surface area contributed by atoms with Gasteiger partial charge < -0.3 is 10.4 Å². The number of rotatable bonds is 6. The Balaban J connectivity index is 2.75. The molecule has 1 aromatic carbocycles. The van der Waals surface area contributed by atoms with Crippen molar-refractivity contribution in [2.75, 3.05) is 0 Å². The van der Waals surface area contributed by atoms with E-state index in [1.807, 2.05) is 6.92 Å². The maximum Gasteiger partial charge on any atom is 0.305 e. The summed E-state index contributed by atoms with van der Waals surface area (Å²) >= 11 is 0. The number of aliphatic carboxylic acids is 1. The molecule has 1 amide bonds. The van der Waals surface area contributed by atoms with Crippen LogP contribution in [0.4, 0.5) is 4.39 Å². The monoisotopic (exact) mass is 267 g/mol. The molecular formula is C14H18FNO3. The highest BCUT2D eigenvalue weighted by atomic mass is 19.1. The van der Waals surface area contributed by atoms with Crippen LogP contribution in [0.1, 0.15) is 42.1 Å². The van der Waals surface area contributed by atoms with Crippen LogP contribution < -0.4 is 5.32 Å². The molecule has 4 nitrogen and oxygen atoms in total. The molecule has 1 rings (SSSR count). The van der Waals surface area contributed by atoms with Crippen LogP contribution in [0.3, 0.4) is 0 Å². The molecule has 0 aliphatic heterocycles. The predicted octanol–water partition coefficient (Wildman–Crippen LogP) is 2.51. The predicted molar refractivity (Wildman–Crippen MR) is 69.6 cm³/mol. The van der Waals surface area contributed by atoms with Crippen molar-refractivity contribution in [2.24, 2.45) is 0 Å². The van der Waals surface area contributed by atoms with Crippen LogP contribution in [0.15, 0.2) is 18.2 Å². The molecule has 0 heterocycles. The van der Waals surface area contributed by atoms with Crippen molar-refractivity contribution < 1.29 is 19.1 Å². The minimum atomic E-state index is -0.950. The summed E-state index contributed by atoms with van der Waals surface area (Å²) in [6, 6.07) is 3.67. The molecule has 0 fully saturated rings. The van der Waals surface area contributed by atoms with Crippen molar-refractivity contribution in [1.29, 1.82) is 0 Å². The van der Waals surface area contributed by atoms with E-state index in [1.165, 1.54) is 18.2 Å². The van der Waals surface area contributed by atoms with Crippen LogP contribution in [0.5, 0.6) is 0 Å². The van der Waals surface area contributed by atoms with E-state index in [4.69, 9.17) is 5.11 Å². The molecule has 0 aromatic heterocycles. The number of amides is 1. The normalized spacial score (nSPS) is 11.9. The van der Waals surface area contributed by atoms with E-state index in [-0.39, 0.29) is 18.1 Å². The van der Waals surface area contributed by atoms with Crippen molar-refractivity contribution in [3.8, 4) is 0 Å². The Labute approximate surface area is 111 Å². The molecule has 2 N–H and O–H groups in total. The Morgan fingerprint density at radius 2 is 2.11 bits per heavy atom. The Morgan fingerprint density at radius 3 is 2.63 bits per heavy atom. The van der Waals surface area contributed by atoms with Gasteiger partial charge >= 0.3 is 5.97 Å². The van der Waals surface area contributed by atoms with Gasteiger partial charge in [0.1, 0.15) is 5.82 Å². The maximum absolute atomic E-state index is 13.1. The summed E-state index contributed by atoms with van der Waals surface area (Å²) < 4.78 is 13.1. The van der Waals surface area contributed by atoms with Crippen molar-refractivity contribution in [2.45, 2.75) is 39.2 Å². The van der Waals surface area contributed by atoms with Gasteiger partial charge in [0.25, 0.3) is 5.91 Å². The van der Waals surface area contributed by atoms with Crippen LogP contribution in [0.2, 0.25) is 0 Å². The highest BCUT2D eigenvalue weighted by Gasteiger charge is 2.16. The van der Waals surface area contributed by atoms with Gasteiger partial charge in [-0.05, 0) is 37.1 Å². The van der Waals surface area contributed by atoms with Crippen molar-refractivity contribution in [3.63, 3.8) is 0 Å². The first-order chi connectivity index (χ1) is 8.93. The Hall–Kier alpha value is -1.91. The lowest BCUT2D eigenvalue weighted by Gasteiger charge is -2.16. The van der Waals surface area contributed by atoms with Gasteiger partial charge in [-0.25, -0.2) is 4.39 Å². The number of hydrogen-bond acceptors (Lipinski definition) is 2. The van der Waals surface area contributed by atoms with E-state index in [9.17, 15) is 14.0 Å². The Morgan fingerprint density at radius 1 is 1.42 bits per heavy atom. The molecule has 19 heavy (non-hydrogen) atoms. The standard InChI is InChI=1S/C14H18FNO3/c1-3-4-11(8-13(17)18)16-14(19)10-5-6-12(15)9(2)7-10/h5-7,11H,3-4,8H2,1-2H3,(H,16,19)(H,17,18). The number of benzene rings is 1. The first-order valence-corrected chi connectivity index (χ1v) is 6.22. The zero-order chi connectivity index (χ0) is 14.4. The molecule has 0 bridgehead atoms. The van der Waals surface area contributed by atoms with E-state index in [0.29, 0.717) is 17.5 Å². The number of halogens is 1. The Kier molecular flexibility index (Phi) is 5.48. The topological polar surface area (TPSA) is 66.4 Å². The fourth-order valence-corrected chi connectivity index (χ4v) is 1.84. The quantitative estimate of drug-likeness (QED) is 0.832. The van der Waals surface area contributed by atoms with Crippen molar-refractivity contribution in [1.82, 2.24) is 5.32 Å². The van der Waals surface area contributed by atoms with Crippen LogP contribution in [-0.4, -0.2) is 23.0 Å². The zero-order valence-corrected chi connectivity index (χ0v) is 11.1. The molecule has 104 valence electrons. The molecule has 0 saturated carbocycles. The number of nitrogens with one attached hydrogen (secondary N) is 1. The third-order valence-electron chi connectivity index (χ3n) is 2.81. The lowest BCUT2D eigenvalue weighted by molar-refractivity contribution is -0.137. The summed E-state index contributed by atoms with van der Waals surface area (Å²) in [5, 5.41) is 11.4. The average Bonchev–Trinajstić information content (AvgIpc) is 2.32. The molecule has 5 heteroatoms. The third kappa shape index (κ3) is 4.69. The van der Waals surface area contributed by atoms with Crippen molar-refractivity contribution >= 4 is 11.9 Å². The maximum atomic E-state index is 13.1.